The molecule has 1 N–H and O–H groups in total. The normalized spacial score (nSPS) is 17.2. The highest BCUT2D eigenvalue weighted by atomic mass is 16.6. The number of hydrogen-bond donors (Lipinski definition) is 1. The molecule has 1 aliphatic heterocycles. The Bertz CT molecular complexity index is 501. The van der Waals surface area contributed by atoms with Gasteiger partial charge in [-0.1, -0.05) is 12.5 Å². The molecule has 0 saturated carbocycles. The first-order chi connectivity index (χ1) is 10.6. The molecule has 6 nitrogen and oxygen atoms in total. The predicted molar refractivity (Wildman–Crippen MR) is 86.2 cm³/mol. The van der Waals surface area contributed by atoms with Crippen molar-refractivity contribution < 1.29 is 9.66 Å². The molecular weight excluding hydrogens is 282 g/mol. The van der Waals surface area contributed by atoms with Gasteiger partial charge in [0.05, 0.1) is 12.0 Å². The molecule has 0 amide bonds. The molecule has 0 aromatic heterocycles. The summed E-state index contributed by atoms with van der Waals surface area (Å²) in [5.74, 6) is 0.301. The van der Waals surface area contributed by atoms with Gasteiger partial charge in [-0.15, -0.1) is 0 Å². The fourth-order valence-corrected chi connectivity index (χ4v) is 2.87. The number of piperidine rings is 1. The Labute approximate surface area is 131 Å². The molecule has 1 atom stereocenters. The van der Waals surface area contributed by atoms with Crippen molar-refractivity contribution in [3.63, 3.8) is 0 Å². The Morgan fingerprint density at radius 1 is 1.36 bits per heavy atom. The summed E-state index contributed by atoms with van der Waals surface area (Å²) in [6, 6.07) is 5.47. The zero-order chi connectivity index (χ0) is 15.9. The fourth-order valence-electron chi connectivity index (χ4n) is 2.87. The summed E-state index contributed by atoms with van der Waals surface area (Å²) in [5, 5.41) is 14.5. The topological polar surface area (TPSA) is 67.6 Å². The van der Waals surface area contributed by atoms with E-state index in [-0.39, 0.29) is 5.69 Å². The molecule has 0 aliphatic carbocycles. The molecule has 22 heavy (non-hydrogen) atoms. The standard InChI is InChI=1S/C16H25N3O3/c1-13(12-18-8-4-3-5-9-18)17-11-14-6-7-16(22-2)15(10-14)19(20)21/h6-7,10,13,17H,3-5,8-9,11-12H2,1-2H3. The van der Waals surface area contributed by atoms with E-state index in [0.717, 1.165) is 12.1 Å². The van der Waals surface area contributed by atoms with E-state index >= 15 is 0 Å². The number of ether oxygens (including phenoxy) is 1. The quantitative estimate of drug-likeness (QED) is 0.619. The van der Waals surface area contributed by atoms with Crippen LogP contribution in [0.1, 0.15) is 31.7 Å². The molecule has 0 spiro atoms. The Morgan fingerprint density at radius 2 is 2.09 bits per heavy atom. The molecule has 0 radical (unpaired) electrons. The van der Waals surface area contributed by atoms with Crippen LogP contribution in [0.4, 0.5) is 5.69 Å². The van der Waals surface area contributed by atoms with E-state index in [1.807, 2.05) is 6.07 Å². The Balaban J connectivity index is 1.87. The highest BCUT2D eigenvalue weighted by molar-refractivity contribution is 5.48. The van der Waals surface area contributed by atoms with Gasteiger partial charge < -0.3 is 15.0 Å². The Hall–Kier alpha value is -1.66. The van der Waals surface area contributed by atoms with Crippen molar-refractivity contribution in [1.82, 2.24) is 10.2 Å². The van der Waals surface area contributed by atoms with Gasteiger partial charge in [-0.25, -0.2) is 0 Å². The minimum absolute atomic E-state index is 0.0190. The lowest BCUT2D eigenvalue weighted by molar-refractivity contribution is -0.385. The van der Waals surface area contributed by atoms with E-state index in [2.05, 4.69) is 17.1 Å². The molecule has 1 unspecified atom stereocenters. The second-order valence-corrected chi connectivity index (χ2v) is 5.91. The highest BCUT2D eigenvalue weighted by Gasteiger charge is 2.16. The molecule has 0 bridgehead atoms. The van der Waals surface area contributed by atoms with Gasteiger partial charge in [-0.05, 0) is 44.5 Å². The maximum atomic E-state index is 11.0. The van der Waals surface area contributed by atoms with Crippen molar-refractivity contribution in [2.24, 2.45) is 0 Å². The van der Waals surface area contributed by atoms with Gasteiger partial charge in [0.25, 0.3) is 0 Å². The van der Waals surface area contributed by atoms with Crippen LogP contribution in [0.15, 0.2) is 18.2 Å². The molecule has 1 heterocycles. The monoisotopic (exact) mass is 307 g/mol. The molecule has 1 aliphatic rings. The summed E-state index contributed by atoms with van der Waals surface area (Å²) in [5.41, 5.74) is 0.920. The molecule has 1 fully saturated rings. The largest absolute Gasteiger partial charge is 0.490 e. The lowest BCUT2D eigenvalue weighted by Gasteiger charge is -2.29. The number of nitrogens with zero attached hydrogens (tertiary/aromatic N) is 2. The van der Waals surface area contributed by atoms with Gasteiger partial charge in [-0.2, -0.15) is 0 Å². The van der Waals surface area contributed by atoms with Crippen LogP contribution in [0.3, 0.4) is 0 Å². The van der Waals surface area contributed by atoms with Crippen LogP contribution < -0.4 is 10.1 Å². The molecule has 1 aromatic rings. The second-order valence-electron chi connectivity index (χ2n) is 5.91. The van der Waals surface area contributed by atoms with Crippen molar-refractivity contribution >= 4 is 5.69 Å². The average molecular weight is 307 g/mol. The van der Waals surface area contributed by atoms with Gasteiger partial charge in [0, 0.05) is 25.2 Å². The number of nitro groups is 1. The van der Waals surface area contributed by atoms with Gasteiger partial charge >= 0.3 is 5.69 Å². The first-order valence-corrected chi connectivity index (χ1v) is 7.87. The van der Waals surface area contributed by atoms with Crippen molar-refractivity contribution in [2.45, 2.75) is 38.8 Å². The third-order valence-corrected chi connectivity index (χ3v) is 4.08. The Morgan fingerprint density at radius 3 is 2.73 bits per heavy atom. The minimum atomic E-state index is -0.403. The van der Waals surface area contributed by atoms with Crippen molar-refractivity contribution in [3.8, 4) is 5.75 Å². The van der Waals surface area contributed by atoms with Gasteiger partial charge in [0.2, 0.25) is 0 Å². The van der Waals surface area contributed by atoms with E-state index in [4.69, 9.17) is 4.74 Å². The number of benzene rings is 1. The molecular formula is C16H25N3O3. The molecule has 2 rings (SSSR count). The van der Waals surface area contributed by atoms with Crippen LogP contribution in [-0.2, 0) is 6.54 Å². The molecule has 1 saturated heterocycles. The first-order valence-electron chi connectivity index (χ1n) is 7.87. The van der Waals surface area contributed by atoms with Crippen LogP contribution in [0.5, 0.6) is 5.75 Å². The van der Waals surface area contributed by atoms with E-state index in [9.17, 15) is 10.1 Å². The number of nitrogens with one attached hydrogen (secondary N) is 1. The molecule has 122 valence electrons. The van der Waals surface area contributed by atoms with Crippen LogP contribution >= 0.6 is 0 Å². The minimum Gasteiger partial charge on any atom is -0.490 e. The lowest BCUT2D eigenvalue weighted by Crippen LogP contribution is -2.41. The Kier molecular flexibility index (Phi) is 6.15. The lowest BCUT2D eigenvalue weighted by atomic mass is 10.1. The number of methoxy groups -OCH3 is 1. The maximum Gasteiger partial charge on any atom is 0.311 e. The maximum absolute atomic E-state index is 11.0. The average Bonchev–Trinajstić information content (AvgIpc) is 2.53. The number of likely N-dealkylation sites (tertiary alicyclic amines) is 1. The third-order valence-electron chi connectivity index (χ3n) is 4.08. The first kappa shape index (κ1) is 16.7. The SMILES string of the molecule is COc1ccc(CNC(C)CN2CCCCC2)cc1[N+](=O)[O-]. The number of nitro benzene ring substituents is 1. The summed E-state index contributed by atoms with van der Waals surface area (Å²) in [7, 11) is 1.45. The fraction of sp³-hybridized carbons (Fsp3) is 0.625. The summed E-state index contributed by atoms with van der Waals surface area (Å²) in [6.07, 6.45) is 3.92. The highest BCUT2D eigenvalue weighted by Crippen LogP contribution is 2.27. The van der Waals surface area contributed by atoms with Crippen molar-refractivity contribution in [2.75, 3.05) is 26.7 Å². The predicted octanol–water partition coefficient (Wildman–Crippen LogP) is 2.57. The van der Waals surface area contributed by atoms with E-state index in [0.29, 0.717) is 18.3 Å². The summed E-state index contributed by atoms with van der Waals surface area (Å²) < 4.78 is 5.02. The van der Waals surface area contributed by atoms with Crippen molar-refractivity contribution in [3.05, 3.63) is 33.9 Å². The third kappa shape index (κ3) is 4.68. The van der Waals surface area contributed by atoms with Crippen LogP contribution in [0, 0.1) is 10.1 Å². The zero-order valence-electron chi connectivity index (χ0n) is 13.4. The summed E-state index contributed by atoms with van der Waals surface area (Å²) in [6.45, 7) is 6.17. The van der Waals surface area contributed by atoms with E-state index in [1.165, 1.54) is 39.5 Å². The van der Waals surface area contributed by atoms with E-state index in [1.54, 1.807) is 12.1 Å². The number of rotatable bonds is 7. The van der Waals surface area contributed by atoms with Crippen LogP contribution in [0.25, 0.3) is 0 Å². The van der Waals surface area contributed by atoms with Gasteiger partial charge in [-0.3, -0.25) is 10.1 Å². The molecule has 1 aromatic carbocycles. The van der Waals surface area contributed by atoms with E-state index < -0.39 is 4.92 Å². The summed E-state index contributed by atoms with van der Waals surface area (Å²) >= 11 is 0. The van der Waals surface area contributed by atoms with Crippen LogP contribution in [-0.4, -0.2) is 42.6 Å². The smallest absolute Gasteiger partial charge is 0.311 e. The van der Waals surface area contributed by atoms with Gasteiger partial charge in [0.1, 0.15) is 0 Å². The van der Waals surface area contributed by atoms with Crippen molar-refractivity contribution in [1.29, 1.82) is 0 Å². The zero-order valence-corrected chi connectivity index (χ0v) is 13.4. The summed E-state index contributed by atoms with van der Waals surface area (Å²) in [4.78, 5) is 13.1. The van der Waals surface area contributed by atoms with Gasteiger partial charge in [0.15, 0.2) is 5.75 Å². The number of hydrogen-bond acceptors (Lipinski definition) is 5. The molecule has 6 heteroatoms. The second kappa shape index (κ2) is 8.10. The van der Waals surface area contributed by atoms with Crippen LogP contribution in [0.2, 0.25) is 0 Å².